The first-order valence-electron chi connectivity index (χ1n) is 8.96. The van der Waals surface area contributed by atoms with Crippen molar-refractivity contribution in [2.24, 2.45) is 0 Å². The molecular weight excluding hydrogens is 317 g/mol. The van der Waals surface area contributed by atoms with Crippen LogP contribution in [0.5, 0.6) is 0 Å². The van der Waals surface area contributed by atoms with Gasteiger partial charge in [0.25, 0.3) is 0 Å². The maximum Gasteiger partial charge on any atom is 0.233 e. The molecule has 0 radical (unpaired) electrons. The lowest BCUT2D eigenvalue weighted by Crippen LogP contribution is -2.48. The van der Waals surface area contributed by atoms with Gasteiger partial charge >= 0.3 is 0 Å². The van der Waals surface area contributed by atoms with Crippen LogP contribution in [0.25, 0.3) is 0 Å². The molecule has 4 nitrogen and oxygen atoms in total. The predicted octanol–water partition coefficient (Wildman–Crippen LogP) is 3.32. The van der Waals surface area contributed by atoms with Crippen LogP contribution in [-0.2, 0) is 23.2 Å². The van der Waals surface area contributed by atoms with Crippen molar-refractivity contribution in [2.45, 2.75) is 51.0 Å². The van der Waals surface area contributed by atoms with Crippen LogP contribution >= 0.6 is 0 Å². The van der Waals surface area contributed by atoms with Gasteiger partial charge in [0.15, 0.2) is 0 Å². The average molecular weight is 339 g/mol. The Kier molecular flexibility index (Phi) is 4.02. The van der Waals surface area contributed by atoms with E-state index in [2.05, 4.69) is 9.97 Å². The van der Waals surface area contributed by atoms with E-state index in [9.17, 15) is 9.18 Å². The summed E-state index contributed by atoms with van der Waals surface area (Å²) in [6.45, 7) is 3.03. The fraction of sp³-hybridized carbons (Fsp3) is 0.450. The number of halogens is 1. The zero-order chi connectivity index (χ0) is 17.4. The van der Waals surface area contributed by atoms with E-state index in [1.54, 1.807) is 12.1 Å². The molecule has 1 aliphatic heterocycles. The summed E-state index contributed by atoms with van der Waals surface area (Å²) in [4.78, 5) is 24.1. The summed E-state index contributed by atoms with van der Waals surface area (Å²) in [6, 6.07) is 6.75. The predicted molar refractivity (Wildman–Crippen MR) is 92.4 cm³/mol. The molecule has 0 unspecified atom stereocenters. The van der Waals surface area contributed by atoms with Crippen LogP contribution in [-0.4, -0.2) is 27.3 Å². The number of amides is 1. The van der Waals surface area contributed by atoms with Crippen LogP contribution in [0.1, 0.15) is 48.3 Å². The van der Waals surface area contributed by atoms with Gasteiger partial charge in [0, 0.05) is 36.8 Å². The van der Waals surface area contributed by atoms with Crippen molar-refractivity contribution in [3.63, 3.8) is 0 Å². The molecule has 2 aromatic rings. The lowest BCUT2D eigenvalue weighted by Gasteiger charge is -2.37. The summed E-state index contributed by atoms with van der Waals surface area (Å²) in [6.07, 6.45) is 5.93. The Balaban J connectivity index is 1.67. The van der Waals surface area contributed by atoms with Crippen molar-refractivity contribution in [1.82, 2.24) is 14.9 Å². The number of rotatable bonds is 2. The summed E-state index contributed by atoms with van der Waals surface area (Å²) in [5.41, 5.74) is 1.88. The number of aromatic nitrogens is 2. The summed E-state index contributed by atoms with van der Waals surface area (Å²) in [5, 5.41) is 0. The smallest absolute Gasteiger partial charge is 0.233 e. The van der Waals surface area contributed by atoms with Crippen LogP contribution in [0.4, 0.5) is 4.39 Å². The van der Waals surface area contributed by atoms with E-state index in [1.165, 1.54) is 6.07 Å². The van der Waals surface area contributed by atoms with Crippen LogP contribution in [0.15, 0.2) is 30.5 Å². The minimum Gasteiger partial charge on any atom is -0.337 e. The molecule has 25 heavy (non-hydrogen) atoms. The van der Waals surface area contributed by atoms with Gasteiger partial charge < -0.3 is 4.90 Å². The second-order valence-electron chi connectivity index (χ2n) is 7.13. The number of hydrogen-bond donors (Lipinski definition) is 0. The van der Waals surface area contributed by atoms with Crippen molar-refractivity contribution in [2.75, 3.05) is 6.54 Å². The first-order chi connectivity index (χ1) is 12.1. The Morgan fingerprint density at radius 3 is 2.76 bits per heavy atom. The normalized spacial score (nSPS) is 18.9. The summed E-state index contributed by atoms with van der Waals surface area (Å²) < 4.78 is 14.5. The summed E-state index contributed by atoms with van der Waals surface area (Å²) in [7, 11) is 0. The summed E-state index contributed by atoms with van der Waals surface area (Å²) >= 11 is 0. The monoisotopic (exact) mass is 339 g/mol. The molecule has 1 saturated carbocycles. The second-order valence-corrected chi connectivity index (χ2v) is 7.13. The minimum atomic E-state index is -0.714. The van der Waals surface area contributed by atoms with Crippen molar-refractivity contribution < 1.29 is 9.18 Å². The SMILES string of the molecule is Cc1ncc2c(n1)CCN(C(=O)C1(c3ccccc3F)CCCC1)C2. The lowest BCUT2D eigenvalue weighted by atomic mass is 9.77. The first-order valence-corrected chi connectivity index (χ1v) is 8.96. The standard InChI is InChI=1S/C20H22FN3O/c1-14-22-12-15-13-24(11-8-18(15)23-14)19(25)20(9-4-5-10-20)16-6-2-3-7-17(16)21/h2-3,6-7,12H,4-5,8-11,13H2,1H3. The van der Waals surface area contributed by atoms with Crippen LogP contribution in [0.3, 0.4) is 0 Å². The fourth-order valence-corrected chi connectivity index (χ4v) is 4.32. The van der Waals surface area contributed by atoms with Gasteiger partial charge in [0.2, 0.25) is 5.91 Å². The minimum absolute atomic E-state index is 0.0568. The van der Waals surface area contributed by atoms with Crippen LogP contribution < -0.4 is 0 Å². The maximum absolute atomic E-state index is 14.5. The molecule has 1 amide bonds. The van der Waals surface area contributed by atoms with E-state index in [0.717, 1.165) is 49.2 Å². The van der Waals surface area contributed by atoms with E-state index >= 15 is 0 Å². The molecule has 0 saturated heterocycles. The van der Waals surface area contributed by atoms with Gasteiger partial charge in [-0.3, -0.25) is 4.79 Å². The molecule has 130 valence electrons. The lowest BCUT2D eigenvalue weighted by molar-refractivity contribution is -0.138. The quantitative estimate of drug-likeness (QED) is 0.843. The molecule has 1 aromatic heterocycles. The Morgan fingerprint density at radius 2 is 2.00 bits per heavy atom. The van der Waals surface area contributed by atoms with Gasteiger partial charge in [-0.05, 0) is 25.8 Å². The molecule has 1 aliphatic carbocycles. The fourth-order valence-electron chi connectivity index (χ4n) is 4.32. The molecular formula is C20H22FN3O. The van der Waals surface area contributed by atoms with Crippen LogP contribution in [0.2, 0.25) is 0 Å². The van der Waals surface area contributed by atoms with Crippen molar-refractivity contribution in [3.8, 4) is 0 Å². The zero-order valence-electron chi connectivity index (χ0n) is 14.5. The maximum atomic E-state index is 14.5. The van der Waals surface area contributed by atoms with Gasteiger partial charge in [0.05, 0.1) is 11.1 Å². The topological polar surface area (TPSA) is 46.1 Å². The Morgan fingerprint density at radius 1 is 1.24 bits per heavy atom. The van der Waals surface area contributed by atoms with Crippen molar-refractivity contribution in [1.29, 1.82) is 0 Å². The molecule has 1 fully saturated rings. The highest BCUT2D eigenvalue weighted by Gasteiger charge is 2.46. The highest BCUT2D eigenvalue weighted by atomic mass is 19.1. The van der Waals surface area contributed by atoms with E-state index in [0.29, 0.717) is 18.7 Å². The molecule has 4 rings (SSSR count). The molecule has 0 atom stereocenters. The van der Waals surface area contributed by atoms with E-state index in [1.807, 2.05) is 24.1 Å². The van der Waals surface area contributed by atoms with Gasteiger partial charge in [-0.2, -0.15) is 0 Å². The van der Waals surface area contributed by atoms with Gasteiger partial charge in [-0.25, -0.2) is 14.4 Å². The second kappa shape index (κ2) is 6.21. The molecule has 0 bridgehead atoms. The van der Waals surface area contributed by atoms with E-state index in [4.69, 9.17) is 0 Å². The number of hydrogen-bond acceptors (Lipinski definition) is 3. The van der Waals surface area contributed by atoms with E-state index < -0.39 is 5.41 Å². The largest absolute Gasteiger partial charge is 0.337 e. The average Bonchev–Trinajstić information content (AvgIpc) is 3.12. The Bertz CT molecular complexity index is 814. The number of nitrogens with zero attached hydrogens (tertiary/aromatic N) is 3. The zero-order valence-corrected chi connectivity index (χ0v) is 14.5. The number of aryl methyl sites for hydroxylation is 1. The van der Waals surface area contributed by atoms with Crippen molar-refractivity contribution >= 4 is 5.91 Å². The van der Waals surface area contributed by atoms with Gasteiger partial charge in [0.1, 0.15) is 11.6 Å². The summed E-state index contributed by atoms with van der Waals surface area (Å²) in [5.74, 6) is 0.549. The highest BCUT2D eigenvalue weighted by molar-refractivity contribution is 5.89. The Labute approximate surface area is 147 Å². The molecule has 1 aromatic carbocycles. The molecule has 2 aliphatic rings. The molecule has 2 heterocycles. The van der Waals surface area contributed by atoms with Crippen LogP contribution in [0, 0.1) is 12.7 Å². The number of benzene rings is 1. The number of carbonyl (C=O) groups excluding carboxylic acids is 1. The third-order valence-electron chi connectivity index (χ3n) is 5.60. The molecule has 5 heteroatoms. The third-order valence-corrected chi connectivity index (χ3v) is 5.60. The highest BCUT2D eigenvalue weighted by Crippen LogP contribution is 2.44. The van der Waals surface area contributed by atoms with Crippen molar-refractivity contribution in [3.05, 3.63) is 58.9 Å². The molecule has 0 N–H and O–H groups in total. The first kappa shape index (κ1) is 16.2. The van der Waals surface area contributed by atoms with Gasteiger partial charge in [-0.1, -0.05) is 31.0 Å². The Hall–Kier alpha value is -2.30. The van der Waals surface area contributed by atoms with E-state index in [-0.39, 0.29) is 11.7 Å². The molecule has 0 spiro atoms. The number of fused-ring (bicyclic) bond motifs is 1. The third kappa shape index (κ3) is 2.71. The van der Waals surface area contributed by atoms with Gasteiger partial charge in [-0.15, -0.1) is 0 Å². The number of carbonyl (C=O) groups is 1.